The van der Waals surface area contributed by atoms with Gasteiger partial charge in [-0.15, -0.1) is 0 Å². The van der Waals surface area contributed by atoms with Crippen molar-refractivity contribution >= 4 is 34.8 Å². The summed E-state index contributed by atoms with van der Waals surface area (Å²) in [6.45, 7) is 1.15. The first-order valence-electron chi connectivity index (χ1n) is 7.08. The molecule has 1 aliphatic heterocycles. The van der Waals surface area contributed by atoms with Gasteiger partial charge in [-0.2, -0.15) is 0 Å². The van der Waals surface area contributed by atoms with Crippen LogP contribution in [0.5, 0.6) is 5.88 Å². The van der Waals surface area contributed by atoms with Crippen molar-refractivity contribution in [2.24, 2.45) is 0 Å². The Kier molecular flexibility index (Phi) is 5.00. The third kappa shape index (κ3) is 4.13. The molecule has 0 aliphatic carbocycles. The number of hydrogen-bond donors (Lipinski definition) is 1. The number of pyridine rings is 1. The fraction of sp³-hybridized carbons (Fsp3) is 0.250. The third-order valence-electron chi connectivity index (χ3n) is 3.30. The van der Waals surface area contributed by atoms with Crippen molar-refractivity contribution in [1.82, 2.24) is 4.98 Å². The number of hydrogen-bond acceptors (Lipinski definition) is 4. The van der Waals surface area contributed by atoms with Gasteiger partial charge in [-0.25, -0.2) is 4.98 Å². The molecule has 0 spiro atoms. The Hall–Kier alpha value is -1.82. The number of nitrogens with one attached hydrogen (secondary N) is 1. The summed E-state index contributed by atoms with van der Waals surface area (Å²) in [6.07, 6.45) is 2.27. The van der Waals surface area contributed by atoms with E-state index < -0.39 is 0 Å². The molecule has 1 atom stereocenters. The first kappa shape index (κ1) is 16.1. The van der Waals surface area contributed by atoms with Crippen LogP contribution in [-0.2, 0) is 4.74 Å². The van der Waals surface area contributed by atoms with Gasteiger partial charge in [0.25, 0.3) is 5.91 Å². The quantitative estimate of drug-likeness (QED) is 0.908. The normalized spacial score (nSPS) is 17.0. The van der Waals surface area contributed by atoms with Crippen LogP contribution in [0.15, 0.2) is 36.5 Å². The van der Waals surface area contributed by atoms with Crippen LogP contribution >= 0.6 is 23.2 Å². The SMILES string of the molecule is O=C(Nc1cc(Cl)cc(Cl)c1)c1cccnc1O[C@H]1CCOC1. The summed E-state index contributed by atoms with van der Waals surface area (Å²) in [7, 11) is 0. The molecule has 1 aromatic carbocycles. The van der Waals surface area contributed by atoms with E-state index in [-0.39, 0.29) is 17.9 Å². The molecule has 1 aromatic heterocycles. The topological polar surface area (TPSA) is 60.5 Å². The number of carbonyl (C=O) groups is 1. The second kappa shape index (κ2) is 7.17. The Balaban J connectivity index is 1.78. The Morgan fingerprint density at radius 3 is 2.78 bits per heavy atom. The second-order valence-corrected chi connectivity index (χ2v) is 5.94. The zero-order valence-electron chi connectivity index (χ0n) is 12.1. The van der Waals surface area contributed by atoms with Crippen LogP contribution in [0.2, 0.25) is 10.0 Å². The van der Waals surface area contributed by atoms with Crippen LogP contribution in [0.25, 0.3) is 0 Å². The molecule has 0 radical (unpaired) electrons. The van der Waals surface area contributed by atoms with Crippen molar-refractivity contribution in [2.75, 3.05) is 18.5 Å². The largest absolute Gasteiger partial charge is 0.471 e. The number of rotatable bonds is 4. The number of aromatic nitrogens is 1. The van der Waals surface area contributed by atoms with Crippen LogP contribution in [0.1, 0.15) is 16.8 Å². The molecule has 1 aliphatic rings. The molecule has 0 saturated carbocycles. The van der Waals surface area contributed by atoms with E-state index in [2.05, 4.69) is 10.3 Å². The highest BCUT2D eigenvalue weighted by atomic mass is 35.5. The van der Waals surface area contributed by atoms with Crippen LogP contribution in [0.3, 0.4) is 0 Å². The van der Waals surface area contributed by atoms with Gasteiger partial charge in [0.05, 0.1) is 13.2 Å². The Morgan fingerprint density at radius 2 is 2.09 bits per heavy atom. The number of ether oxygens (including phenoxy) is 2. The summed E-state index contributed by atoms with van der Waals surface area (Å²) in [6, 6.07) is 8.16. The second-order valence-electron chi connectivity index (χ2n) is 5.07. The summed E-state index contributed by atoms with van der Waals surface area (Å²) in [5, 5.41) is 3.63. The monoisotopic (exact) mass is 352 g/mol. The molecular formula is C16H14Cl2N2O3. The summed E-state index contributed by atoms with van der Waals surface area (Å²) in [5.41, 5.74) is 0.849. The number of amides is 1. The fourth-order valence-electron chi connectivity index (χ4n) is 2.25. The maximum Gasteiger partial charge on any atom is 0.261 e. The maximum absolute atomic E-state index is 12.5. The van der Waals surface area contributed by atoms with E-state index in [0.717, 1.165) is 6.42 Å². The molecule has 2 heterocycles. The highest BCUT2D eigenvalue weighted by Crippen LogP contribution is 2.24. The number of benzene rings is 1. The van der Waals surface area contributed by atoms with Crippen molar-refractivity contribution < 1.29 is 14.3 Å². The highest BCUT2D eigenvalue weighted by Gasteiger charge is 2.21. The van der Waals surface area contributed by atoms with Gasteiger partial charge in [0, 0.05) is 28.4 Å². The van der Waals surface area contributed by atoms with Crippen LogP contribution < -0.4 is 10.1 Å². The number of anilines is 1. The lowest BCUT2D eigenvalue weighted by molar-refractivity contribution is 0.101. The van der Waals surface area contributed by atoms with Gasteiger partial charge in [0.15, 0.2) is 0 Å². The molecule has 1 fully saturated rings. The lowest BCUT2D eigenvalue weighted by atomic mass is 10.2. The number of nitrogens with zero attached hydrogens (tertiary/aromatic N) is 1. The molecule has 1 saturated heterocycles. The predicted octanol–water partition coefficient (Wildman–Crippen LogP) is 3.81. The van der Waals surface area contributed by atoms with Gasteiger partial charge >= 0.3 is 0 Å². The molecule has 0 bridgehead atoms. The first-order valence-corrected chi connectivity index (χ1v) is 7.84. The molecule has 3 rings (SSSR count). The van der Waals surface area contributed by atoms with Crippen LogP contribution in [0, 0.1) is 0 Å². The Morgan fingerprint density at radius 1 is 1.30 bits per heavy atom. The van der Waals surface area contributed by atoms with E-state index in [1.54, 1.807) is 36.5 Å². The van der Waals surface area contributed by atoms with Crippen LogP contribution in [0.4, 0.5) is 5.69 Å². The summed E-state index contributed by atoms with van der Waals surface area (Å²) in [4.78, 5) is 16.6. The van der Waals surface area contributed by atoms with Crippen molar-refractivity contribution in [1.29, 1.82) is 0 Å². The van der Waals surface area contributed by atoms with Crippen LogP contribution in [-0.4, -0.2) is 30.2 Å². The van der Waals surface area contributed by atoms with E-state index in [1.165, 1.54) is 0 Å². The zero-order valence-corrected chi connectivity index (χ0v) is 13.6. The van der Waals surface area contributed by atoms with Gasteiger partial charge < -0.3 is 14.8 Å². The maximum atomic E-state index is 12.5. The summed E-state index contributed by atoms with van der Waals surface area (Å²) >= 11 is 11.9. The van der Waals surface area contributed by atoms with E-state index in [9.17, 15) is 4.79 Å². The lowest BCUT2D eigenvalue weighted by Gasteiger charge is -2.14. The summed E-state index contributed by atoms with van der Waals surface area (Å²) in [5.74, 6) is -0.0565. The van der Waals surface area contributed by atoms with E-state index in [1.807, 2.05) is 0 Å². The average molecular weight is 353 g/mol. The number of carbonyl (C=O) groups excluding carboxylic acids is 1. The predicted molar refractivity (Wildman–Crippen MR) is 88.5 cm³/mol. The molecule has 0 unspecified atom stereocenters. The molecule has 23 heavy (non-hydrogen) atoms. The molecule has 5 nitrogen and oxygen atoms in total. The van der Waals surface area contributed by atoms with Crippen molar-refractivity contribution in [3.8, 4) is 5.88 Å². The van der Waals surface area contributed by atoms with Crippen molar-refractivity contribution in [3.05, 3.63) is 52.1 Å². The highest BCUT2D eigenvalue weighted by molar-refractivity contribution is 6.35. The fourth-order valence-corrected chi connectivity index (χ4v) is 2.77. The molecule has 1 amide bonds. The average Bonchev–Trinajstić information content (AvgIpc) is 2.99. The van der Waals surface area contributed by atoms with E-state index in [0.29, 0.717) is 34.5 Å². The minimum atomic E-state index is -0.342. The molecular weight excluding hydrogens is 339 g/mol. The van der Waals surface area contributed by atoms with E-state index in [4.69, 9.17) is 32.7 Å². The van der Waals surface area contributed by atoms with E-state index >= 15 is 0 Å². The van der Waals surface area contributed by atoms with Gasteiger partial charge in [-0.3, -0.25) is 4.79 Å². The zero-order chi connectivity index (χ0) is 16.2. The Labute approximate surface area is 143 Å². The smallest absolute Gasteiger partial charge is 0.261 e. The van der Waals surface area contributed by atoms with Gasteiger partial charge in [-0.1, -0.05) is 23.2 Å². The molecule has 120 valence electrons. The minimum absolute atomic E-state index is 0.0861. The van der Waals surface area contributed by atoms with Crippen molar-refractivity contribution in [3.63, 3.8) is 0 Å². The third-order valence-corrected chi connectivity index (χ3v) is 3.74. The Bertz CT molecular complexity index is 698. The standard InChI is InChI=1S/C16H14Cl2N2O3/c17-10-6-11(18)8-12(7-10)20-15(21)14-2-1-4-19-16(14)23-13-3-5-22-9-13/h1-2,4,6-8,13H,3,5,9H2,(H,20,21)/t13-/m0/s1. The van der Waals surface area contributed by atoms with Gasteiger partial charge in [-0.05, 0) is 30.3 Å². The van der Waals surface area contributed by atoms with Crippen molar-refractivity contribution in [2.45, 2.75) is 12.5 Å². The van der Waals surface area contributed by atoms with Gasteiger partial charge in [0.1, 0.15) is 11.7 Å². The molecule has 1 N–H and O–H groups in total. The lowest BCUT2D eigenvalue weighted by Crippen LogP contribution is -2.20. The number of halogens is 2. The minimum Gasteiger partial charge on any atom is -0.471 e. The first-order chi connectivity index (χ1) is 11.1. The summed E-state index contributed by atoms with van der Waals surface area (Å²) < 4.78 is 11.0. The molecule has 7 heteroatoms. The molecule has 2 aromatic rings. The van der Waals surface area contributed by atoms with Gasteiger partial charge in [0.2, 0.25) is 5.88 Å².